The first-order valence-electron chi connectivity index (χ1n) is 6.53. The molecule has 1 aliphatic heterocycles. The van der Waals surface area contributed by atoms with Gasteiger partial charge in [-0.3, -0.25) is 4.79 Å². The van der Waals surface area contributed by atoms with E-state index in [-0.39, 0.29) is 5.91 Å². The molecule has 0 saturated carbocycles. The zero-order valence-corrected chi connectivity index (χ0v) is 10.9. The maximum Gasteiger partial charge on any atom is 0.286 e. The van der Waals surface area contributed by atoms with E-state index in [1.54, 1.807) is 12.1 Å². The van der Waals surface area contributed by atoms with E-state index in [1.165, 1.54) is 0 Å². The van der Waals surface area contributed by atoms with Crippen molar-refractivity contribution in [3.05, 3.63) is 23.7 Å². The van der Waals surface area contributed by atoms with Crippen molar-refractivity contribution in [1.82, 2.24) is 15.5 Å². The highest BCUT2D eigenvalue weighted by molar-refractivity contribution is 5.91. The zero-order valence-electron chi connectivity index (χ0n) is 10.9. The average molecular weight is 251 g/mol. The minimum Gasteiger partial charge on any atom is -0.456 e. The quantitative estimate of drug-likeness (QED) is 0.753. The Morgan fingerprint density at radius 2 is 2.22 bits per heavy atom. The Kier molecular flexibility index (Phi) is 4.78. The number of rotatable bonds is 5. The van der Waals surface area contributed by atoms with E-state index in [9.17, 15) is 4.79 Å². The summed E-state index contributed by atoms with van der Waals surface area (Å²) in [5.74, 6) is 1.04. The second-order valence-electron chi connectivity index (χ2n) is 4.61. The van der Waals surface area contributed by atoms with Crippen molar-refractivity contribution in [3.8, 4) is 0 Å². The smallest absolute Gasteiger partial charge is 0.286 e. The summed E-state index contributed by atoms with van der Waals surface area (Å²) >= 11 is 0. The maximum absolute atomic E-state index is 11.7. The van der Waals surface area contributed by atoms with Gasteiger partial charge in [0.15, 0.2) is 5.76 Å². The van der Waals surface area contributed by atoms with Crippen molar-refractivity contribution in [2.45, 2.75) is 13.3 Å². The Morgan fingerprint density at radius 1 is 1.44 bits per heavy atom. The molecule has 100 valence electrons. The molecule has 2 N–H and O–H groups in total. The third-order valence-corrected chi connectivity index (χ3v) is 3.11. The van der Waals surface area contributed by atoms with Gasteiger partial charge in [0.05, 0.1) is 0 Å². The van der Waals surface area contributed by atoms with Crippen LogP contribution < -0.4 is 10.6 Å². The molecule has 1 aliphatic rings. The molecule has 0 bridgehead atoms. The van der Waals surface area contributed by atoms with Gasteiger partial charge >= 0.3 is 0 Å². The second-order valence-corrected chi connectivity index (χ2v) is 4.61. The molecule has 18 heavy (non-hydrogen) atoms. The van der Waals surface area contributed by atoms with Gasteiger partial charge in [0.25, 0.3) is 5.91 Å². The number of hydrogen-bond acceptors (Lipinski definition) is 4. The van der Waals surface area contributed by atoms with Gasteiger partial charge in [-0.1, -0.05) is 0 Å². The summed E-state index contributed by atoms with van der Waals surface area (Å²) in [4.78, 5) is 14.1. The molecule has 5 heteroatoms. The van der Waals surface area contributed by atoms with Crippen LogP contribution in [0.15, 0.2) is 16.5 Å². The molecule has 1 saturated heterocycles. The lowest BCUT2D eigenvalue weighted by molar-refractivity contribution is 0.0922. The summed E-state index contributed by atoms with van der Waals surface area (Å²) in [5, 5.41) is 6.20. The van der Waals surface area contributed by atoms with Crippen molar-refractivity contribution < 1.29 is 9.21 Å². The molecule has 1 amide bonds. The van der Waals surface area contributed by atoms with Crippen LogP contribution in [0.5, 0.6) is 0 Å². The largest absolute Gasteiger partial charge is 0.456 e. The number of hydrogen-bond donors (Lipinski definition) is 2. The predicted molar refractivity (Wildman–Crippen MR) is 69.7 cm³/mol. The Balaban J connectivity index is 1.61. The molecule has 1 fully saturated rings. The van der Waals surface area contributed by atoms with Crippen LogP contribution in [-0.2, 0) is 0 Å². The van der Waals surface area contributed by atoms with Gasteiger partial charge in [-0.2, -0.15) is 0 Å². The van der Waals surface area contributed by atoms with Crippen LogP contribution in [0, 0.1) is 6.92 Å². The highest BCUT2D eigenvalue weighted by atomic mass is 16.3. The van der Waals surface area contributed by atoms with Gasteiger partial charge in [-0.05, 0) is 32.0 Å². The molecular weight excluding hydrogens is 230 g/mol. The fourth-order valence-corrected chi connectivity index (χ4v) is 2.08. The SMILES string of the molecule is Cc1ccc(C(=O)NCCCN2CCNCC2)o1. The van der Waals surface area contributed by atoms with Crippen molar-refractivity contribution in [3.63, 3.8) is 0 Å². The number of carbonyl (C=O) groups is 1. The average Bonchev–Trinajstić information content (AvgIpc) is 2.82. The van der Waals surface area contributed by atoms with E-state index in [0.29, 0.717) is 12.3 Å². The van der Waals surface area contributed by atoms with Crippen molar-refractivity contribution >= 4 is 5.91 Å². The molecule has 0 spiro atoms. The van der Waals surface area contributed by atoms with Crippen LogP contribution in [0.2, 0.25) is 0 Å². The summed E-state index contributed by atoms with van der Waals surface area (Å²) in [7, 11) is 0. The van der Waals surface area contributed by atoms with E-state index >= 15 is 0 Å². The molecule has 2 heterocycles. The van der Waals surface area contributed by atoms with Crippen LogP contribution in [0.25, 0.3) is 0 Å². The minimum atomic E-state index is -0.122. The molecule has 2 rings (SSSR count). The topological polar surface area (TPSA) is 57.5 Å². The van der Waals surface area contributed by atoms with E-state index in [1.807, 2.05) is 6.92 Å². The first-order chi connectivity index (χ1) is 8.75. The highest BCUT2D eigenvalue weighted by Gasteiger charge is 2.10. The normalized spacial score (nSPS) is 16.7. The summed E-state index contributed by atoms with van der Waals surface area (Å²) in [5.41, 5.74) is 0. The first kappa shape index (κ1) is 13.1. The molecule has 0 aromatic carbocycles. The number of furan rings is 1. The Labute approximate surface area is 108 Å². The highest BCUT2D eigenvalue weighted by Crippen LogP contribution is 2.05. The number of nitrogens with zero attached hydrogens (tertiary/aromatic N) is 1. The van der Waals surface area contributed by atoms with Gasteiger partial charge < -0.3 is 20.0 Å². The standard InChI is InChI=1S/C13H21N3O2/c1-11-3-4-12(18-11)13(17)15-5-2-8-16-9-6-14-7-10-16/h3-4,14H,2,5-10H2,1H3,(H,15,17). The first-order valence-corrected chi connectivity index (χ1v) is 6.53. The maximum atomic E-state index is 11.7. The van der Waals surface area contributed by atoms with Gasteiger partial charge in [-0.25, -0.2) is 0 Å². The van der Waals surface area contributed by atoms with Gasteiger partial charge in [0.1, 0.15) is 5.76 Å². The zero-order chi connectivity index (χ0) is 12.8. The molecule has 1 aromatic heterocycles. The lowest BCUT2D eigenvalue weighted by atomic mass is 10.3. The monoisotopic (exact) mass is 251 g/mol. The molecule has 1 aromatic rings. The van der Waals surface area contributed by atoms with Crippen LogP contribution in [0.1, 0.15) is 22.7 Å². The molecule has 0 aliphatic carbocycles. The summed E-state index contributed by atoms with van der Waals surface area (Å²) in [6, 6.07) is 3.51. The van der Waals surface area contributed by atoms with Crippen molar-refractivity contribution in [2.24, 2.45) is 0 Å². The second kappa shape index (κ2) is 6.56. The molecule has 0 atom stereocenters. The fraction of sp³-hybridized carbons (Fsp3) is 0.615. The minimum absolute atomic E-state index is 0.122. The number of carbonyl (C=O) groups excluding carboxylic acids is 1. The predicted octanol–water partition coefficient (Wildman–Crippen LogP) is 0.613. The van der Waals surface area contributed by atoms with Gasteiger partial charge in [0, 0.05) is 32.7 Å². The molecule has 0 radical (unpaired) electrons. The molecular formula is C13H21N3O2. The lowest BCUT2D eigenvalue weighted by Gasteiger charge is -2.26. The third-order valence-electron chi connectivity index (χ3n) is 3.11. The van der Waals surface area contributed by atoms with Crippen LogP contribution in [-0.4, -0.2) is 50.1 Å². The molecule has 5 nitrogen and oxygen atoms in total. The van der Waals surface area contributed by atoms with Crippen molar-refractivity contribution in [2.75, 3.05) is 39.3 Å². The fourth-order valence-electron chi connectivity index (χ4n) is 2.08. The third kappa shape index (κ3) is 3.85. The van der Waals surface area contributed by atoms with E-state index in [0.717, 1.165) is 44.9 Å². The summed E-state index contributed by atoms with van der Waals surface area (Å²) < 4.78 is 5.26. The number of aryl methyl sites for hydroxylation is 1. The van der Waals surface area contributed by atoms with E-state index in [4.69, 9.17) is 4.42 Å². The van der Waals surface area contributed by atoms with E-state index < -0.39 is 0 Å². The van der Waals surface area contributed by atoms with Crippen molar-refractivity contribution in [1.29, 1.82) is 0 Å². The van der Waals surface area contributed by atoms with Crippen LogP contribution in [0.3, 0.4) is 0 Å². The Morgan fingerprint density at radius 3 is 2.89 bits per heavy atom. The number of nitrogens with one attached hydrogen (secondary N) is 2. The lowest BCUT2D eigenvalue weighted by Crippen LogP contribution is -2.44. The molecule has 0 unspecified atom stereocenters. The van der Waals surface area contributed by atoms with Gasteiger partial charge in [-0.15, -0.1) is 0 Å². The Bertz CT molecular complexity index is 383. The van der Waals surface area contributed by atoms with Crippen LogP contribution >= 0.6 is 0 Å². The van der Waals surface area contributed by atoms with Crippen LogP contribution in [0.4, 0.5) is 0 Å². The van der Waals surface area contributed by atoms with Gasteiger partial charge in [0.2, 0.25) is 0 Å². The summed E-state index contributed by atoms with van der Waals surface area (Å²) in [6.07, 6.45) is 0.978. The Hall–Kier alpha value is -1.33. The number of amides is 1. The number of piperazine rings is 1. The van der Waals surface area contributed by atoms with E-state index in [2.05, 4.69) is 15.5 Å². The summed E-state index contributed by atoms with van der Waals surface area (Å²) in [6.45, 7) is 7.91.